The molecular formula is C18H12ClN3O2S. The smallest absolute Gasteiger partial charge is 0.354 e. The summed E-state index contributed by atoms with van der Waals surface area (Å²) in [6, 6.07) is 12.7. The van der Waals surface area contributed by atoms with E-state index in [1.807, 2.05) is 35.7 Å². The van der Waals surface area contributed by atoms with Crippen LogP contribution in [0.3, 0.4) is 0 Å². The number of aromatic nitrogens is 3. The van der Waals surface area contributed by atoms with Crippen LogP contribution in [0.2, 0.25) is 5.02 Å². The summed E-state index contributed by atoms with van der Waals surface area (Å²) in [5, 5.41) is 16.4. The molecule has 1 N–H and O–H groups in total. The van der Waals surface area contributed by atoms with Crippen LogP contribution in [-0.2, 0) is 6.42 Å². The molecule has 4 aromatic heterocycles. The summed E-state index contributed by atoms with van der Waals surface area (Å²) < 4.78 is 1.76. The zero-order valence-electron chi connectivity index (χ0n) is 12.9. The van der Waals surface area contributed by atoms with Crippen molar-refractivity contribution in [2.24, 2.45) is 0 Å². The number of hydrogen-bond acceptors (Lipinski definition) is 4. The van der Waals surface area contributed by atoms with E-state index in [2.05, 4.69) is 10.1 Å². The molecule has 0 amide bonds. The van der Waals surface area contributed by atoms with E-state index in [1.54, 1.807) is 28.1 Å². The third kappa shape index (κ3) is 3.01. The maximum absolute atomic E-state index is 11.2. The second kappa shape index (κ2) is 6.31. The molecule has 0 aliphatic carbocycles. The number of hydrogen-bond donors (Lipinski definition) is 1. The number of halogens is 1. The van der Waals surface area contributed by atoms with Gasteiger partial charge in [0, 0.05) is 23.9 Å². The standard InChI is InChI=1S/C18H12ClN3O2S/c19-11-6-7-15-13(9-12-3-1-4-14(20-12)18(23)24)17(21-22(15)10-11)16-5-2-8-25-16/h1-8,10H,9H2,(H,23,24). The highest BCUT2D eigenvalue weighted by Gasteiger charge is 2.17. The number of carboxylic acids is 1. The quantitative estimate of drug-likeness (QED) is 0.579. The normalized spacial score (nSPS) is 11.1. The van der Waals surface area contributed by atoms with Gasteiger partial charge in [0.25, 0.3) is 0 Å². The highest BCUT2D eigenvalue weighted by Crippen LogP contribution is 2.31. The Morgan fingerprint density at radius 3 is 2.84 bits per heavy atom. The van der Waals surface area contributed by atoms with Gasteiger partial charge in [-0.3, -0.25) is 0 Å². The lowest BCUT2D eigenvalue weighted by Gasteiger charge is -2.03. The van der Waals surface area contributed by atoms with Crippen molar-refractivity contribution in [1.82, 2.24) is 14.6 Å². The predicted octanol–water partition coefficient (Wildman–Crippen LogP) is 4.40. The SMILES string of the molecule is O=C(O)c1cccc(Cc2c(-c3cccs3)nn3cc(Cl)ccc23)n1. The third-order valence-electron chi connectivity index (χ3n) is 3.83. The molecule has 0 fully saturated rings. The summed E-state index contributed by atoms with van der Waals surface area (Å²) >= 11 is 7.69. The Balaban J connectivity index is 1.86. The van der Waals surface area contributed by atoms with Crippen molar-refractivity contribution in [1.29, 1.82) is 0 Å². The number of carboxylic acid groups (broad SMARTS) is 1. The summed E-state index contributed by atoms with van der Waals surface area (Å²) in [5.41, 5.74) is 3.50. The van der Waals surface area contributed by atoms with Crippen LogP contribution in [0.4, 0.5) is 0 Å². The van der Waals surface area contributed by atoms with Crippen LogP contribution < -0.4 is 0 Å². The van der Waals surface area contributed by atoms with Crippen LogP contribution in [-0.4, -0.2) is 25.7 Å². The van der Waals surface area contributed by atoms with E-state index in [0.717, 1.165) is 21.7 Å². The number of carbonyl (C=O) groups is 1. The van der Waals surface area contributed by atoms with E-state index >= 15 is 0 Å². The molecule has 0 saturated heterocycles. The van der Waals surface area contributed by atoms with E-state index in [4.69, 9.17) is 16.7 Å². The lowest BCUT2D eigenvalue weighted by atomic mass is 10.1. The first-order valence-electron chi connectivity index (χ1n) is 7.51. The monoisotopic (exact) mass is 369 g/mol. The lowest BCUT2D eigenvalue weighted by Crippen LogP contribution is -2.03. The Bertz CT molecular complexity index is 1070. The number of aromatic carboxylic acids is 1. The zero-order valence-corrected chi connectivity index (χ0v) is 14.5. The molecule has 0 aliphatic heterocycles. The molecule has 0 aromatic carbocycles. The minimum atomic E-state index is -1.04. The van der Waals surface area contributed by atoms with Crippen molar-refractivity contribution >= 4 is 34.4 Å². The Morgan fingerprint density at radius 2 is 2.08 bits per heavy atom. The van der Waals surface area contributed by atoms with Crippen LogP contribution >= 0.6 is 22.9 Å². The second-order valence-corrected chi connectivity index (χ2v) is 6.86. The molecule has 25 heavy (non-hydrogen) atoms. The van der Waals surface area contributed by atoms with Crippen molar-refractivity contribution in [3.63, 3.8) is 0 Å². The van der Waals surface area contributed by atoms with Crippen molar-refractivity contribution in [2.45, 2.75) is 6.42 Å². The highest BCUT2D eigenvalue weighted by atomic mass is 35.5. The summed E-state index contributed by atoms with van der Waals surface area (Å²) in [7, 11) is 0. The van der Waals surface area contributed by atoms with Gasteiger partial charge < -0.3 is 5.11 Å². The first-order valence-corrected chi connectivity index (χ1v) is 8.77. The molecule has 0 spiro atoms. The van der Waals surface area contributed by atoms with Crippen LogP contribution in [0, 0.1) is 0 Å². The summed E-state index contributed by atoms with van der Waals surface area (Å²) in [5.74, 6) is -1.04. The zero-order chi connectivity index (χ0) is 17.4. The molecule has 0 saturated carbocycles. The Hall–Kier alpha value is -2.70. The van der Waals surface area contributed by atoms with Crippen molar-refractivity contribution < 1.29 is 9.90 Å². The van der Waals surface area contributed by atoms with Crippen LogP contribution in [0.5, 0.6) is 0 Å². The largest absolute Gasteiger partial charge is 0.477 e. The molecule has 124 valence electrons. The van der Waals surface area contributed by atoms with Gasteiger partial charge in [0.1, 0.15) is 11.4 Å². The second-order valence-electron chi connectivity index (χ2n) is 5.48. The molecular weight excluding hydrogens is 358 g/mol. The van der Waals surface area contributed by atoms with Crippen LogP contribution in [0.25, 0.3) is 16.1 Å². The van der Waals surface area contributed by atoms with Gasteiger partial charge in [-0.1, -0.05) is 23.7 Å². The lowest BCUT2D eigenvalue weighted by molar-refractivity contribution is 0.0690. The van der Waals surface area contributed by atoms with E-state index in [9.17, 15) is 4.79 Å². The summed E-state index contributed by atoms with van der Waals surface area (Å²) in [6.07, 6.45) is 2.25. The van der Waals surface area contributed by atoms with Gasteiger partial charge in [-0.2, -0.15) is 5.10 Å². The van der Waals surface area contributed by atoms with Gasteiger partial charge >= 0.3 is 5.97 Å². The van der Waals surface area contributed by atoms with Crippen LogP contribution in [0.15, 0.2) is 54.0 Å². The van der Waals surface area contributed by atoms with Crippen molar-refractivity contribution in [3.05, 3.63) is 76.0 Å². The van der Waals surface area contributed by atoms with Crippen LogP contribution in [0.1, 0.15) is 21.7 Å². The number of thiophene rings is 1. The van der Waals surface area contributed by atoms with Gasteiger partial charge in [-0.25, -0.2) is 14.3 Å². The molecule has 4 heterocycles. The molecule has 5 nitrogen and oxygen atoms in total. The topological polar surface area (TPSA) is 67.5 Å². The van der Waals surface area contributed by atoms with Gasteiger partial charge in [0.15, 0.2) is 0 Å². The summed E-state index contributed by atoms with van der Waals surface area (Å²) in [6.45, 7) is 0. The minimum absolute atomic E-state index is 0.0368. The van der Waals surface area contributed by atoms with E-state index in [-0.39, 0.29) is 5.69 Å². The maximum atomic E-state index is 11.2. The van der Waals surface area contributed by atoms with E-state index < -0.39 is 5.97 Å². The Morgan fingerprint density at radius 1 is 1.20 bits per heavy atom. The first-order chi connectivity index (χ1) is 12.1. The molecule has 4 rings (SSSR count). The maximum Gasteiger partial charge on any atom is 0.354 e. The first kappa shape index (κ1) is 15.8. The molecule has 7 heteroatoms. The fraction of sp³-hybridized carbons (Fsp3) is 0.0556. The molecule has 0 radical (unpaired) electrons. The number of pyridine rings is 2. The molecule has 4 aromatic rings. The molecule has 0 bridgehead atoms. The van der Waals surface area contributed by atoms with Crippen molar-refractivity contribution in [2.75, 3.05) is 0 Å². The fourth-order valence-corrected chi connectivity index (χ4v) is 3.63. The number of fused-ring (bicyclic) bond motifs is 1. The highest BCUT2D eigenvalue weighted by molar-refractivity contribution is 7.13. The van der Waals surface area contributed by atoms with E-state index in [0.29, 0.717) is 17.1 Å². The Labute approximate surface area is 152 Å². The molecule has 0 atom stereocenters. The predicted molar refractivity (Wildman–Crippen MR) is 97.5 cm³/mol. The van der Waals surface area contributed by atoms with Gasteiger partial charge in [-0.15, -0.1) is 11.3 Å². The fourth-order valence-electron chi connectivity index (χ4n) is 2.74. The Kier molecular flexibility index (Phi) is 3.99. The van der Waals surface area contributed by atoms with Gasteiger partial charge in [0.05, 0.1) is 15.4 Å². The average molecular weight is 370 g/mol. The number of rotatable bonds is 4. The molecule has 0 unspecified atom stereocenters. The minimum Gasteiger partial charge on any atom is -0.477 e. The third-order valence-corrected chi connectivity index (χ3v) is 4.93. The average Bonchev–Trinajstić information content (AvgIpc) is 3.23. The van der Waals surface area contributed by atoms with Crippen molar-refractivity contribution in [3.8, 4) is 10.6 Å². The van der Waals surface area contributed by atoms with Gasteiger partial charge in [0.2, 0.25) is 0 Å². The van der Waals surface area contributed by atoms with E-state index in [1.165, 1.54) is 6.07 Å². The number of nitrogens with zero attached hydrogens (tertiary/aromatic N) is 3. The molecule has 0 aliphatic rings. The summed E-state index contributed by atoms with van der Waals surface area (Å²) in [4.78, 5) is 16.4. The van der Waals surface area contributed by atoms with Gasteiger partial charge in [-0.05, 0) is 35.7 Å².